The molecular formula is C11H13Br2NO2. The van der Waals surface area contributed by atoms with Crippen molar-refractivity contribution in [3.05, 3.63) is 34.5 Å². The number of hydrogen-bond donors (Lipinski definition) is 1. The van der Waals surface area contributed by atoms with Gasteiger partial charge in [-0.3, -0.25) is 0 Å². The molecule has 0 unspecified atom stereocenters. The Hall–Kier alpha value is -0.680. The minimum absolute atomic E-state index is 0.553. The first-order valence-corrected chi connectivity index (χ1v) is 6.59. The van der Waals surface area contributed by atoms with Gasteiger partial charge in [0.2, 0.25) is 0 Å². The standard InChI is InChI=1S/C11H13Br2NO2/c1-15-9-4-2-8(3-5-9)10(14)11(13)16-7-6-12/h2-5H,6-7,14H2,1H3/b11-10-. The van der Waals surface area contributed by atoms with Crippen molar-refractivity contribution in [2.24, 2.45) is 5.73 Å². The van der Waals surface area contributed by atoms with Crippen molar-refractivity contribution in [1.82, 2.24) is 0 Å². The molecule has 0 saturated carbocycles. The van der Waals surface area contributed by atoms with Crippen molar-refractivity contribution in [2.75, 3.05) is 19.0 Å². The fraction of sp³-hybridized carbons (Fsp3) is 0.273. The summed E-state index contributed by atoms with van der Waals surface area (Å²) >= 11 is 6.57. The molecule has 2 N–H and O–H groups in total. The predicted molar refractivity (Wildman–Crippen MR) is 72.8 cm³/mol. The SMILES string of the molecule is COc1ccc(/C(N)=C(\Br)OCCBr)cc1. The summed E-state index contributed by atoms with van der Waals surface area (Å²) in [6.45, 7) is 0.567. The molecule has 1 aromatic carbocycles. The van der Waals surface area contributed by atoms with Crippen molar-refractivity contribution in [3.63, 3.8) is 0 Å². The third-order valence-electron chi connectivity index (χ3n) is 1.92. The van der Waals surface area contributed by atoms with E-state index in [2.05, 4.69) is 31.9 Å². The Morgan fingerprint density at radius 2 is 1.94 bits per heavy atom. The van der Waals surface area contributed by atoms with Crippen LogP contribution in [0.25, 0.3) is 5.70 Å². The highest BCUT2D eigenvalue weighted by molar-refractivity contribution is 9.11. The van der Waals surface area contributed by atoms with E-state index >= 15 is 0 Å². The average molecular weight is 351 g/mol. The first-order chi connectivity index (χ1) is 7.69. The van der Waals surface area contributed by atoms with Gasteiger partial charge in [-0.05, 0) is 40.2 Å². The molecule has 0 atom stereocenters. The summed E-state index contributed by atoms with van der Waals surface area (Å²) in [5.74, 6) is 0.800. The van der Waals surface area contributed by atoms with Crippen molar-refractivity contribution in [3.8, 4) is 5.75 Å². The zero-order valence-corrected chi connectivity index (χ0v) is 12.0. The van der Waals surface area contributed by atoms with Gasteiger partial charge in [0.1, 0.15) is 5.75 Å². The van der Waals surface area contributed by atoms with Gasteiger partial charge < -0.3 is 15.2 Å². The molecule has 1 rings (SSSR count). The van der Waals surface area contributed by atoms with Crippen molar-refractivity contribution in [1.29, 1.82) is 0 Å². The maximum atomic E-state index is 5.92. The summed E-state index contributed by atoms with van der Waals surface area (Å²) in [7, 11) is 1.63. The van der Waals surface area contributed by atoms with Gasteiger partial charge in [-0.15, -0.1) is 0 Å². The summed E-state index contributed by atoms with van der Waals surface area (Å²) in [5.41, 5.74) is 7.39. The van der Waals surface area contributed by atoms with Crippen LogP contribution in [0.5, 0.6) is 5.75 Å². The second kappa shape index (κ2) is 6.81. The largest absolute Gasteiger partial charge is 0.497 e. The molecule has 0 aliphatic rings. The lowest BCUT2D eigenvalue weighted by Crippen LogP contribution is -2.02. The third kappa shape index (κ3) is 3.72. The van der Waals surface area contributed by atoms with Crippen LogP contribution in [0.2, 0.25) is 0 Å². The first-order valence-electron chi connectivity index (χ1n) is 4.67. The normalized spacial score (nSPS) is 11.9. The van der Waals surface area contributed by atoms with Crippen LogP contribution in [-0.2, 0) is 4.74 Å². The first kappa shape index (κ1) is 13.4. The predicted octanol–water partition coefficient (Wildman–Crippen LogP) is 3.09. The van der Waals surface area contributed by atoms with E-state index in [-0.39, 0.29) is 0 Å². The molecule has 16 heavy (non-hydrogen) atoms. The fourth-order valence-electron chi connectivity index (χ4n) is 1.09. The topological polar surface area (TPSA) is 44.5 Å². The van der Waals surface area contributed by atoms with E-state index in [0.717, 1.165) is 16.6 Å². The summed E-state index contributed by atoms with van der Waals surface area (Å²) in [6.07, 6.45) is 0. The minimum atomic E-state index is 0.553. The van der Waals surface area contributed by atoms with Crippen molar-refractivity contribution in [2.45, 2.75) is 0 Å². The third-order valence-corrected chi connectivity index (χ3v) is 2.90. The molecular weight excluding hydrogens is 338 g/mol. The molecule has 0 radical (unpaired) electrons. The van der Waals surface area contributed by atoms with Gasteiger partial charge in [0.25, 0.3) is 0 Å². The summed E-state index contributed by atoms with van der Waals surface area (Å²) < 4.78 is 11.0. The van der Waals surface area contributed by atoms with Crippen LogP contribution in [-0.4, -0.2) is 19.0 Å². The van der Waals surface area contributed by atoms with Crippen LogP contribution in [0.1, 0.15) is 5.56 Å². The number of methoxy groups -OCH3 is 1. The lowest BCUT2D eigenvalue weighted by atomic mass is 10.2. The molecule has 0 amide bonds. The maximum absolute atomic E-state index is 5.92. The zero-order chi connectivity index (χ0) is 12.0. The van der Waals surface area contributed by atoms with Crippen LogP contribution in [0.15, 0.2) is 28.9 Å². The second-order valence-corrected chi connectivity index (χ2v) is 4.47. The molecule has 88 valence electrons. The number of alkyl halides is 1. The summed E-state index contributed by atoms with van der Waals surface area (Å²) in [4.78, 5) is 0. The van der Waals surface area contributed by atoms with Crippen LogP contribution in [0.4, 0.5) is 0 Å². The molecule has 0 fully saturated rings. The molecule has 0 aromatic heterocycles. The number of halogens is 2. The monoisotopic (exact) mass is 349 g/mol. The van der Waals surface area contributed by atoms with Gasteiger partial charge in [0.15, 0.2) is 4.67 Å². The van der Waals surface area contributed by atoms with Crippen LogP contribution in [0.3, 0.4) is 0 Å². The number of rotatable bonds is 5. The molecule has 1 aromatic rings. The van der Waals surface area contributed by atoms with Crippen molar-refractivity contribution >= 4 is 37.6 Å². The molecule has 0 aliphatic heterocycles. The van der Waals surface area contributed by atoms with Crippen LogP contribution < -0.4 is 10.5 Å². The Kier molecular flexibility index (Phi) is 5.69. The van der Waals surface area contributed by atoms with Gasteiger partial charge in [-0.25, -0.2) is 0 Å². The van der Waals surface area contributed by atoms with E-state index < -0.39 is 0 Å². The highest BCUT2D eigenvalue weighted by Gasteiger charge is 2.04. The van der Waals surface area contributed by atoms with Gasteiger partial charge in [0, 0.05) is 10.9 Å². The molecule has 0 spiro atoms. The number of hydrogen-bond acceptors (Lipinski definition) is 3. The van der Waals surface area contributed by atoms with E-state index in [1.807, 2.05) is 24.3 Å². The number of ether oxygens (including phenoxy) is 2. The highest BCUT2D eigenvalue weighted by atomic mass is 79.9. The summed E-state index contributed by atoms with van der Waals surface area (Å²) in [5, 5.41) is 0.762. The van der Waals surface area contributed by atoms with Gasteiger partial charge in [0.05, 0.1) is 19.4 Å². The van der Waals surface area contributed by atoms with E-state index in [4.69, 9.17) is 15.2 Å². The average Bonchev–Trinajstić information content (AvgIpc) is 2.35. The van der Waals surface area contributed by atoms with E-state index in [1.165, 1.54) is 0 Å². The molecule has 3 nitrogen and oxygen atoms in total. The van der Waals surface area contributed by atoms with Gasteiger partial charge in [-0.1, -0.05) is 15.9 Å². The van der Waals surface area contributed by atoms with Crippen molar-refractivity contribution < 1.29 is 9.47 Å². The number of benzene rings is 1. The maximum Gasteiger partial charge on any atom is 0.185 e. The van der Waals surface area contributed by atoms with E-state index in [1.54, 1.807) is 7.11 Å². The quantitative estimate of drug-likeness (QED) is 0.655. The Bertz CT molecular complexity index is 363. The lowest BCUT2D eigenvalue weighted by molar-refractivity contribution is 0.265. The molecule has 0 saturated heterocycles. The lowest BCUT2D eigenvalue weighted by Gasteiger charge is -2.08. The molecule has 0 heterocycles. The molecule has 0 aliphatic carbocycles. The number of nitrogens with two attached hydrogens (primary N) is 1. The van der Waals surface area contributed by atoms with Gasteiger partial charge >= 0.3 is 0 Å². The molecule has 0 bridgehead atoms. The summed E-state index contributed by atoms with van der Waals surface area (Å²) in [6, 6.07) is 7.47. The Labute approximate surface area is 112 Å². The fourth-order valence-corrected chi connectivity index (χ4v) is 1.64. The minimum Gasteiger partial charge on any atom is -0.497 e. The molecule has 5 heteroatoms. The van der Waals surface area contributed by atoms with Crippen LogP contribution >= 0.6 is 31.9 Å². The Morgan fingerprint density at radius 1 is 1.31 bits per heavy atom. The smallest absolute Gasteiger partial charge is 0.185 e. The zero-order valence-electron chi connectivity index (χ0n) is 8.87. The Balaban J connectivity index is 2.81. The van der Waals surface area contributed by atoms with E-state index in [0.29, 0.717) is 17.0 Å². The Morgan fingerprint density at radius 3 is 2.44 bits per heavy atom. The van der Waals surface area contributed by atoms with E-state index in [9.17, 15) is 0 Å². The van der Waals surface area contributed by atoms with Gasteiger partial charge in [-0.2, -0.15) is 0 Å². The van der Waals surface area contributed by atoms with Crippen LogP contribution in [0, 0.1) is 0 Å². The second-order valence-electron chi connectivity index (χ2n) is 2.95. The highest BCUT2D eigenvalue weighted by Crippen LogP contribution is 2.21.